The molecule has 0 aliphatic rings. The lowest BCUT2D eigenvalue weighted by molar-refractivity contribution is 0.168. The first-order valence-electron chi connectivity index (χ1n) is 4.08. The van der Waals surface area contributed by atoms with Crippen molar-refractivity contribution in [1.29, 1.82) is 0 Å². The second-order valence-corrected chi connectivity index (χ2v) is 2.80. The van der Waals surface area contributed by atoms with Crippen LogP contribution in [0, 0.1) is 0 Å². The molecule has 0 aliphatic heterocycles. The maximum atomic E-state index is 9.56. The number of hydrogen-bond acceptors (Lipinski definition) is 2. The Hall–Kier alpha value is -1.09. The van der Waals surface area contributed by atoms with Crippen molar-refractivity contribution in [2.75, 3.05) is 0 Å². The van der Waals surface area contributed by atoms with Gasteiger partial charge >= 0.3 is 0 Å². The van der Waals surface area contributed by atoms with Crippen molar-refractivity contribution in [3.8, 4) is 0 Å². The minimum absolute atomic E-state index is 0.535. The number of aliphatic hydroxyl groups excluding tert-OH is 1. The topological polar surface area (TPSA) is 48.9 Å². The molecule has 1 unspecified atom stereocenters. The van der Waals surface area contributed by atoms with Crippen molar-refractivity contribution in [2.24, 2.45) is 0 Å². The highest BCUT2D eigenvalue weighted by Crippen LogP contribution is 2.17. The highest BCUT2D eigenvalue weighted by Gasteiger charge is 2.09. The van der Waals surface area contributed by atoms with E-state index in [0.717, 1.165) is 12.0 Å². The molecule has 0 radical (unpaired) electrons. The van der Waals surface area contributed by atoms with Gasteiger partial charge in [0, 0.05) is 18.8 Å². The van der Waals surface area contributed by atoms with Crippen LogP contribution in [0.3, 0.4) is 0 Å². The molecule has 12 heavy (non-hydrogen) atoms. The fourth-order valence-electron chi connectivity index (χ4n) is 0.974. The van der Waals surface area contributed by atoms with E-state index in [1.165, 1.54) is 0 Å². The van der Waals surface area contributed by atoms with Gasteiger partial charge in [0.15, 0.2) is 0 Å². The molecule has 66 valence electrons. The number of aromatic nitrogens is 2. The first kappa shape index (κ1) is 9.00. The molecule has 1 rings (SSSR count). The summed E-state index contributed by atoms with van der Waals surface area (Å²) in [5.41, 5.74) is 1.04. The van der Waals surface area contributed by atoms with Gasteiger partial charge in [-0.2, -0.15) is 0 Å². The third kappa shape index (κ3) is 2.20. The van der Waals surface area contributed by atoms with Crippen LogP contribution in [-0.2, 0) is 0 Å². The average molecular weight is 166 g/mol. The van der Waals surface area contributed by atoms with Gasteiger partial charge in [-0.3, -0.25) is 0 Å². The Labute approximate surface area is 72.2 Å². The molecule has 1 aromatic rings. The lowest BCUT2D eigenvalue weighted by Crippen LogP contribution is -2.00. The summed E-state index contributed by atoms with van der Waals surface area (Å²) in [6.07, 6.45) is 4.29. The Kier molecular flexibility index (Phi) is 3.05. The predicted molar refractivity (Wildman–Crippen MR) is 47.6 cm³/mol. The summed E-state index contributed by atoms with van der Waals surface area (Å²) in [5.74, 6) is 0.615. The van der Waals surface area contributed by atoms with Gasteiger partial charge < -0.3 is 10.1 Å². The van der Waals surface area contributed by atoms with Crippen molar-refractivity contribution in [1.82, 2.24) is 9.97 Å². The number of H-pyrrole nitrogens is 1. The number of nitrogens with one attached hydrogen (secondary N) is 1. The van der Waals surface area contributed by atoms with Gasteiger partial charge in [-0.1, -0.05) is 19.1 Å². The fourth-order valence-corrected chi connectivity index (χ4v) is 0.974. The van der Waals surface area contributed by atoms with E-state index >= 15 is 0 Å². The zero-order valence-electron chi connectivity index (χ0n) is 7.25. The molecule has 3 heteroatoms. The average Bonchev–Trinajstić information content (AvgIpc) is 2.56. The van der Waals surface area contributed by atoms with Gasteiger partial charge in [-0.25, -0.2) is 4.98 Å². The van der Waals surface area contributed by atoms with Gasteiger partial charge in [0.1, 0.15) is 11.9 Å². The van der Waals surface area contributed by atoms with Crippen LogP contribution < -0.4 is 0 Å². The van der Waals surface area contributed by atoms with E-state index in [1.54, 1.807) is 12.4 Å². The summed E-state index contributed by atoms with van der Waals surface area (Å²) >= 11 is 0. The zero-order valence-corrected chi connectivity index (χ0v) is 7.25. The van der Waals surface area contributed by atoms with Gasteiger partial charge in [0.05, 0.1) is 0 Å². The fraction of sp³-hybridized carbons (Fsp3) is 0.444. The van der Waals surface area contributed by atoms with Crippen LogP contribution in [0.25, 0.3) is 0 Å². The van der Waals surface area contributed by atoms with E-state index in [0.29, 0.717) is 12.2 Å². The maximum absolute atomic E-state index is 9.56. The minimum atomic E-state index is -0.535. The van der Waals surface area contributed by atoms with Crippen LogP contribution in [0.1, 0.15) is 31.7 Å². The Balaban J connectivity index is 2.49. The molecular formula is C9H14N2O. The third-order valence-electron chi connectivity index (χ3n) is 1.82. The Morgan fingerprint density at radius 3 is 3.08 bits per heavy atom. The molecule has 0 saturated heterocycles. The van der Waals surface area contributed by atoms with E-state index in [9.17, 15) is 5.11 Å². The smallest absolute Gasteiger partial charge is 0.135 e. The summed E-state index contributed by atoms with van der Waals surface area (Å²) in [5, 5.41) is 9.56. The van der Waals surface area contributed by atoms with Crippen LogP contribution >= 0.6 is 0 Å². The minimum Gasteiger partial charge on any atom is -0.385 e. The molecule has 0 amide bonds. The van der Waals surface area contributed by atoms with Gasteiger partial charge in [0.2, 0.25) is 0 Å². The molecule has 0 saturated carbocycles. The molecule has 0 aromatic carbocycles. The Morgan fingerprint density at radius 1 is 1.83 bits per heavy atom. The van der Waals surface area contributed by atoms with E-state index in [4.69, 9.17) is 0 Å². The molecule has 0 fully saturated rings. The quantitative estimate of drug-likeness (QED) is 0.670. The summed E-state index contributed by atoms with van der Waals surface area (Å²) in [6.45, 7) is 5.85. The number of aromatic amines is 1. The van der Waals surface area contributed by atoms with Crippen molar-refractivity contribution in [3.63, 3.8) is 0 Å². The second kappa shape index (κ2) is 4.07. The molecule has 2 N–H and O–H groups in total. The van der Waals surface area contributed by atoms with Crippen LogP contribution in [0.5, 0.6) is 0 Å². The van der Waals surface area contributed by atoms with Crippen LogP contribution in [-0.4, -0.2) is 15.1 Å². The number of aliphatic hydroxyl groups is 1. The summed E-state index contributed by atoms with van der Waals surface area (Å²) < 4.78 is 0. The normalized spacial score (nSPS) is 12.8. The van der Waals surface area contributed by atoms with Gasteiger partial charge in [-0.05, 0) is 6.42 Å². The van der Waals surface area contributed by atoms with Gasteiger partial charge in [-0.15, -0.1) is 0 Å². The second-order valence-electron chi connectivity index (χ2n) is 2.80. The van der Waals surface area contributed by atoms with Crippen LogP contribution in [0.4, 0.5) is 0 Å². The lowest BCUT2D eigenvalue weighted by atomic mass is 10.1. The Bertz CT molecular complexity index is 241. The van der Waals surface area contributed by atoms with E-state index in [1.807, 2.05) is 6.92 Å². The van der Waals surface area contributed by atoms with Crippen molar-refractivity contribution < 1.29 is 5.11 Å². The molecule has 1 heterocycles. The SMILES string of the molecule is C=C(CC)CC(O)c1ncc[nH]1. The summed E-state index contributed by atoms with van der Waals surface area (Å²) in [4.78, 5) is 6.82. The first-order chi connectivity index (χ1) is 5.74. The van der Waals surface area contributed by atoms with Crippen molar-refractivity contribution in [3.05, 3.63) is 30.4 Å². The molecule has 1 aromatic heterocycles. The molecule has 0 spiro atoms. The van der Waals surface area contributed by atoms with Crippen molar-refractivity contribution >= 4 is 0 Å². The number of hydrogen-bond donors (Lipinski definition) is 2. The number of rotatable bonds is 4. The molecule has 0 aliphatic carbocycles. The van der Waals surface area contributed by atoms with E-state index in [2.05, 4.69) is 16.5 Å². The molecular weight excluding hydrogens is 152 g/mol. The highest BCUT2D eigenvalue weighted by molar-refractivity contribution is 5.01. The molecule has 1 atom stereocenters. The van der Waals surface area contributed by atoms with E-state index in [-0.39, 0.29) is 0 Å². The monoisotopic (exact) mass is 166 g/mol. The third-order valence-corrected chi connectivity index (χ3v) is 1.82. The highest BCUT2D eigenvalue weighted by atomic mass is 16.3. The summed E-state index contributed by atoms with van der Waals surface area (Å²) in [6, 6.07) is 0. The zero-order chi connectivity index (χ0) is 8.97. The van der Waals surface area contributed by atoms with Crippen molar-refractivity contribution in [2.45, 2.75) is 25.9 Å². The number of nitrogens with zero attached hydrogens (tertiary/aromatic N) is 1. The summed E-state index contributed by atoms with van der Waals surface area (Å²) in [7, 11) is 0. The van der Waals surface area contributed by atoms with Gasteiger partial charge in [0.25, 0.3) is 0 Å². The standard InChI is InChI=1S/C9H14N2O/c1-3-7(2)6-8(12)9-10-4-5-11-9/h4-5,8,12H,2-3,6H2,1H3,(H,10,11). The maximum Gasteiger partial charge on any atom is 0.135 e. The Morgan fingerprint density at radius 2 is 2.58 bits per heavy atom. The van der Waals surface area contributed by atoms with Crippen LogP contribution in [0.15, 0.2) is 24.5 Å². The van der Waals surface area contributed by atoms with Crippen LogP contribution in [0.2, 0.25) is 0 Å². The predicted octanol–water partition coefficient (Wildman–Crippen LogP) is 1.80. The first-order valence-corrected chi connectivity index (χ1v) is 4.08. The number of imidazole rings is 1. The molecule has 0 bridgehead atoms. The largest absolute Gasteiger partial charge is 0.385 e. The molecule has 3 nitrogen and oxygen atoms in total. The lowest BCUT2D eigenvalue weighted by Gasteiger charge is -2.07. The van der Waals surface area contributed by atoms with E-state index < -0.39 is 6.10 Å².